The Balaban J connectivity index is 2.19. The predicted octanol–water partition coefficient (Wildman–Crippen LogP) is -0.709. The molecule has 5 unspecified atom stereocenters. The zero-order valence-corrected chi connectivity index (χ0v) is 14.2. The largest absolute Gasteiger partial charge is 0.394 e. The molecular formula is C17H24N2O6. The smallest absolute Gasteiger partial charge is 0.217 e. The van der Waals surface area contributed by atoms with Crippen molar-refractivity contribution in [2.75, 3.05) is 6.61 Å². The highest BCUT2D eigenvalue weighted by molar-refractivity contribution is 5.75. The fourth-order valence-electron chi connectivity index (χ4n) is 2.80. The van der Waals surface area contributed by atoms with Gasteiger partial charge in [-0.15, -0.1) is 0 Å². The molecule has 0 spiro atoms. The van der Waals surface area contributed by atoms with Crippen LogP contribution in [0.3, 0.4) is 0 Å². The maximum absolute atomic E-state index is 11.6. The highest BCUT2D eigenvalue weighted by Crippen LogP contribution is 2.23. The molecular weight excluding hydrogens is 328 g/mol. The SMILES string of the molecule is CC(=O)NC1C(OCc2ccccc2)OC(CO)C(O)C1NC(C)=O. The van der Waals surface area contributed by atoms with Crippen LogP contribution in [0.2, 0.25) is 0 Å². The highest BCUT2D eigenvalue weighted by atomic mass is 16.7. The van der Waals surface area contributed by atoms with Crippen LogP contribution in [-0.2, 0) is 25.7 Å². The first-order valence-electron chi connectivity index (χ1n) is 8.06. The number of hydrogen-bond acceptors (Lipinski definition) is 6. The van der Waals surface area contributed by atoms with Gasteiger partial charge < -0.3 is 30.3 Å². The minimum absolute atomic E-state index is 0.211. The van der Waals surface area contributed by atoms with E-state index in [1.807, 2.05) is 30.3 Å². The normalized spacial score (nSPS) is 29.0. The van der Waals surface area contributed by atoms with Gasteiger partial charge in [0.1, 0.15) is 18.2 Å². The standard InChI is InChI=1S/C17H24N2O6/c1-10(21)18-14-15(19-11(2)22)17(25-13(8-20)16(14)23)24-9-12-6-4-3-5-7-12/h3-7,13-17,20,23H,8-9H2,1-2H3,(H,18,21)(H,19,22). The van der Waals surface area contributed by atoms with E-state index < -0.39 is 37.2 Å². The van der Waals surface area contributed by atoms with Gasteiger partial charge in [0.05, 0.1) is 19.3 Å². The molecule has 0 saturated carbocycles. The number of carbonyl (C=O) groups is 2. The first-order valence-corrected chi connectivity index (χ1v) is 8.06. The topological polar surface area (TPSA) is 117 Å². The number of ether oxygens (including phenoxy) is 2. The molecule has 8 nitrogen and oxygen atoms in total. The van der Waals surface area contributed by atoms with E-state index in [9.17, 15) is 19.8 Å². The summed E-state index contributed by atoms with van der Waals surface area (Å²) < 4.78 is 11.4. The van der Waals surface area contributed by atoms with Gasteiger partial charge >= 0.3 is 0 Å². The molecule has 0 bridgehead atoms. The number of rotatable bonds is 6. The molecule has 1 aliphatic rings. The molecule has 2 amide bonds. The molecule has 4 N–H and O–H groups in total. The van der Waals surface area contributed by atoms with Crippen molar-refractivity contribution in [3.05, 3.63) is 35.9 Å². The predicted molar refractivity (Wildman–Crippen MR) is 88.2 cm³/mol. The molecule has 5 atom stereocenters. The Morgan fingerprint density at radius 1 is 1.12 bits per heavy atom. The molecule has 25 heavy (non-hydrogen) atoms. The van der Waals surface area contributed by atoms with Crippen LogP contribution < -0.4 is 10.6 Å². The van der Waals surface area contributed by atoms with Crippen molar-refractivity contribution in [1.82, 2.24) is 10.6 Å². The lowest BCUT2D eigenvalue weighted by Crippen LogP contribution is -2.69. The minimum Gasteiger partial charge on any atom is -0.394 e. The van der Waals surface area contributed by atoms with E-state index in [0.717, 1.165) is 5.56 Å². The number of benzene rings is 1. The van der Waals surface area contributed by atoms with Gasteiger partial charge in [0.2, 0.25) is 11.8 Å². The van der Waals surface area contributed by atoms with Crippen LogP contribution in [0.25, 0.3) is 0 Å². The van der Waals surface area contributed by atoms with Gasteiger partial charge in [0, 0.05) is 13.8 Å². The van der Waals surface area contributed by atoms with Gasteiger partial charge in [-0.3, -0.25) is 9.59 Å². The second kappa shape index (κ2) is 8.91. The van der Waals surface area contributed by atoms with Crippen LogP contribution in [0.5, 0.6) is 0 Å². The summed E-state index contributed by atoms with van der Waals surface area (Å²) in [6.45, 7) is 2.39. The Labute approximate surface area is 146 Å². The van der Waals surface area contributed by atoms with E-state index in [2.05, 4.69) is 10.6 Å². The van der Waals surface area contributed by atoms with Crippen molar-refractivity contribution in [3.8, 4) is 0 Å². The van der Waals surface area contributed by atoms with Crippen LogP contribution in [0.4, 0.5) is 0 Å². The average Bonchev–Trinajstić information content (AvgIpc) is 2.57. The van der Waals surface area contributed by atoms with E-state index in [4.69, 9.17) is 9.47 Å². The summed E-state index contributed by atoms with van der Waals surface area (Å²) in [5.41, 5.74) is 0.899. The summed E-state index contributed by atoms with van der Waals surface area (Å²) in [5.74, 6) is -0.730. The van der Waals surface area contributed by atoms with Crippen molar-refractivity contribution in [2.45, 2.75) is 51.0 Å². The third-order valence-corrected chi connectivity index (χ3v) is 3.91. The minimum atomic E-state index is -1.19. The van der Waals surface area contributed by atoms with E-state index >= 15 is 0 Å². The van der Waals surface area contributed by atoms with Gasteiger partial charge in [-0.05, 0) is 5.56 Å². The summed E-state index contributed by atoms with van der Waals surface area (Å²) in [6.07, 6.45) is -3.08. The second-order valence-electron chi connectivity index (χ2n) is 5.97. The molecule has 1 aromatic carbocycles. The Morgan fingerprint density at radius 2 is 1.72 bits per heavy atom. The van der Waals surface area contributed by atoms with Crippen LogP contribution in [-0.4, -0.2) is 59.2 Å². The lowest BCUT2D eigenvalue weighted by molar-refractivity contribution is -0.253. The fourth-order valence-corrected chi connectivity index (χ4v) is 2.80. The zero-order valence-electron chi connectivity index (χ0n) is 14.2. The van der Waals surface area contributed by atoms with Crippen molar-refractivity contribution in [3.63, 3.8) is 0 Å². The molecule has 1 heterocycles. The second-order valence-corrected chi connectivity index (χ2v) is 5.97. The van der Waals surface area contributed by atoms with Gasteiger partial charge in [-0.2, -0.15) is 0 Å². The van der Waals surface area contributed by atoms with Crippen LogP contribution >= 0.6 is 0 Å². The molecule has 8 heteroatoms. The van der Waals surface area contributed by atoms with Gasteiger partial charge in [-0.25, -0.2) is 0 Å². The number of aliphatic hydroxyl groups excluding tert-OH is 2. The first-order chi connectivity index (χ1) is 11.9. The maximum atomic E-state index is 11.6. The molecule has 1 saturated heterocycles. The monoisotopic (exact) mass is 352 g/mol. The molecule has 138 valence electrons. The van der Waals surface area contributed by atoms with Gasteiger partial charge in [-0.1, -0.05) is 30.3 Å². The lowest BCUT2D eigenvalue weighted by atomic mass is 9.94. The number of aliphatic hydroxyl groups is 2. The van der Waals surface area contributed by atoms with Crippen LogP contribution in [0.15, 0.2) is 30.3 Å². The Kier molecular flexibility index (Phi) is 6.89. The van der Waals surface area contributed by atoms with Crippen LogP contribution in [0, 0.1) is 0 Å². The lowest BCUT2D eigenvalue weighted by Gasteiger charge is -2.44. The third-order valence-electron chi connectivity index (χ3n) is 3.91. The molecule has 0 aliphatic carbocycles. The van der Waals surface area contributed by atoms with E-state index in [1.54, 1.807) is 0 Å². The molecule has 1 aliphatic heterocycles. The summed E-state index contributed by atoms with van der Waals surface area (Å²) >= 11 is 0. The van der Waals surface area contributed by atoms with E-state index in [1.165, 1.54) is 13.8 Å². The third kappa shape index (κ3) is 5.23. The summed E-state index contributed by atoms with van der Waals surface area (Å²) in [4.78, 5) is 23.0. The number of nitrogens with one attached hydrogen (secondary N) is 2. The Morgan fingerprint density at radius 3 is 2.28 bits per heavy atom. The van der Waals surface area contributed by atoms with Crippen molar-refractivity contribution in [1.29, 1.82) is 0 Å². The summed E-state index contributed by atoms with van der Waals surface area (Å²) in [7, 11) is 0. The van der Waals surface area contributed by atoms with Crippen LogP contribution in [0.1, 0.15) is 19.4 Å². The molecule has 0 aromatic heterocycles. The molecule has 0 radical (unpaired) electrons. The van der Waals surface area contributed by atoms with Gasteiger partial charge in [0.15, 0.2) is 6.29 Å². The summed E-state index contributed by atoms with van der Waals surface area (Å²) in [5, 5.41) is 25.1. The molecule has 1 fully saturated rings. The van der Waals surface area contributed by atoms with Gasteiger partial charge in [0.25, 0.3) is 0 Å². The quantitative estimate of drug-likeness (QED) is 0.537. The van der Waals surface area contributed by atoms with Crippen molar-refractivity contribution in [2.24, 2.45) is 0 Å². The average molecular weight is 352 g/mol. The fraction of sp³-hybridized carbons (Fsp3) is 0.529. The zero-order chi connectivity index (χ0) is 18.4. The first kappa shape index (κ1) is 19.3. The number of amides is 2. The van der Waals surface area contributed by atoms with Crippen molar-refractivity contribution < 1.29 is 29.3 Å². The Bertz CT molecular complexity index is 582. The van der Waals surface area contributed by atoms with E-state index in [-0.39, 0.29) is 18.4 Å². The number of hydrogen-bond donors (Lipinski definition) is 4. The highest BCUT2D eigenvalue weighted by Gasteiger charge is 2.46. The molecule has 1 aromatic rings. The Hall–Kier alpha value is -2.00. The summed E-state index contributed by atoms with van der Waals surface area (Å²) in [6, 6.07) is 7.71. The number of carbonyl (C=O) groups excluding carboxylic acids is 2. The van der Waals surface area contributed by atoms with E-state index in [0.29, 0.717) is 0 Å². The van der Waals surface area contributed by atoms with Crippen molar-refractivity contribution >= 4 is 11.8 Å². The maximum Gasteiger partial charge on any atom is 0.217 e. The molecule has 2 rings (SSSR count).